The molecule has 186 valence electrons. The number of thioether (sulfide) groups is 1. The SMILES string of the molecule is COc1ccc2[nH]c(N(c3cnn(-c4ccc5nc(C)[nH]c5c4)c3N)[C@@H](CCSC)C(=O)O)cc2c1. The van der Waals surface area contributed by atoms with Crippen LogP contribution in [-0.2, 0) is 4.79 Å². The summed E-state index contributed by atoms with van der Waals surface area (Å²) in [6.45, 7) is 1.90. The first-order chi connectivity index (χ1) is 17.4. The van der Waals surface area contributed by atoms with E-state index in [4.69, 9.17) is 10.5 Å². The molecule has 0 saturated heterocycles. The monoisotopic (exact) mass is 505 g/mol. The van der Waals surface area contributed by atoms with Gasteiger partial charge in [0, 0.05) is 10.9 Å². The summed E-state index contributed by atoms with van der Waals surface area (Å²) in [6, 6.07) is 12.4. The minimum atomic E-state index is -0.943. The van der Waals surface area contributed by atoms with Gasteiger partial charge in [0.1, 0.15) is 29.1 Å². The van der Waals surface area contributed by atoms with Gasteiger partial charge < -0.3 is 30.4 Å². The number of methoxy groups -OCH3 is 1. The number of aromatic nitrogens is 5. The minimum Gasteiger partial charge on any atom is -0.497 e. The van der Waals surface area contributed by atoms with E-state index in [-0.39, 0.29) is 0 Å². The number of imidazole rings is 1. The number of nitrogen functional groups attached to an aromatic ring is 1. The van der Waals surface area contributed by atoms with Crippen LogP contribution in [0, 0.1) is 6.92 Å². The third-order valence-electron chi connectivity index (χ3n) is 6.14. The number of benzene rings is 2. The van der Waals surface area contributed by atoms with Crippen molar-refractivity contribution in [3.05, 3.63) is 54.5 Å². The third-order valence-corrected chi connectivity index (χ3v) is 6.78. The summed E-state index contributed by atoms with van der Waals surface area (Å²) in [6.07, 6.45) is 3.98. The van der Waals surface area contributed by atoms with Crippen molar-refractivity contribution < 1.29 is 14.6 Å². The van der Waals surface area contributed by atoms with Gasteiger partial charge in [-0.05, 0) is 67.8 Å². The second kappa shape index (κ2) is 9.50. The first-order valence-electron chi connectivity index (χ1n) is 11.4. The van der Waals surface area contributed by atoms with Gasteiger partial charge in [0.15, 0.2) is 5.82 Å². The lowest BCUT2D eigenvalue weighted by atomic mass is 10.1. The Morgan fingerprint density at radius 1 is 1.22 bits per heavy atom. The minimum absolute atomic E-state index is 0.331. The van der Waals surface area contributed by atoms with Gasteiger partial charge >= 0.3 is 5.97 Å². The average Bonchev–Trinajstić information content (AvgIpc) is 3.56. The zero-order valence-electron chi connectivity index (χ0n) is 20.1. The van der Waals surface area contributed by atoms with E-state index in [1.165, 1.54) is 0 Å². The van der Waals surface area contributed by atoms with Gasteiger partial charge in [0.05, 0.1) is 30.0 Å². The van der Waals surface area contributed by atoms with Gasteiger partial charge in [-0.15, -0.1) is 0 Å². The van der Waals surface area contributed by atoms with Crippen LogP contribution in [0.2, 0.25) is 0 Å². The van der Waals surface area contributed by atoms with Crippen molar-refractivity contribution in [2.24, 2.45) is 0 Å². The maximum Gasteiger partial charge on any atom is 0.326 e. The van der Waals surface area contributed by atoms with Crippen LogP contribution in [0.15, 0.2) is 48.7 Å². The lowest BCUT2D eigenvalue weighted by Gasteiger charge is -2.29. The summed E-state index contributed by atoms with van der Waals surface area (Å²) in [5.41, 5.74) is 10.4. The van der Waals surface area contributed by atoms with Gasteiger partial charge in [-0.3, -0.25) is 0 Å². The number of anilines is 3. The Kier molecular flexibility index (Phi) is 6.23. The summed E-state index contributed by atoms with van der Waals surface area (Å²) in [5.74, 6) is 2.20. The predicted octanol–water partition coefficient (Wildman–Crippen LogP) is 4.47. The number of nitrogens with two attached hydrogens (primary N) is 1. The highest BCUT2D eigenvalue weighted by Gasteiger charge is 2.31. The first kappa shape index (κ1) is 23.6. The third kappa shape index (κ3) is 4.22. The molecule has 0 amide bonds. The Labute approximate surface area is 211 Å². The fourth-order valence-electron chi connectivity index (χ4n) is 4.41. The number of ether oxygens (including phenoxy) is 1. The molecule has 36 heavy (non-hydrogen) atoms. The highest BCUT2D eigenvalue weighted by atomic mass is 32.2. The molecule has 0 bridgehead atoms. The number of rotatable bonds is 9. The fourth-order valence-corrected chi connectivity index (χ4v) is 4.87. The number of nitrogens with zero attached hydrogens (tertiary/aromatic N) is 4. The van der Waals surface area contributed by atoms with Crippen LogP contribution in [0.25, 0.3) is 27.6 Å². The lowest BCUT2D eigenvalue weighted by Crippen LogP contribution is -2.39. The molecule has 0 spiro atoms. The summed E-state index contributed by atoms with van der Waals surface area (Å²) in [7, 11) is 1.61. The molecule has 0 aliphatic heterocycles. The number of carbonyl (C=O) groups is 1. The molecule has 0 radical (unpaired) electrons. The van der Waals surface area contributed by atoms with E-state index in [9.17, 15) is 9.90 Å². The predicted molar refractivity (Wildman–Crippen MR) is 144 cm³/mol. The standard InChI is InChI=1S/C25H27N7O3S/c1-14-28-19-6-4-16(12-20(19)29-14)32-24(26)22(13-27-32)31(21(25(33)34)8-9-36-3)23-11-15-10-17(35-2)5-7-18(15)30-23/h4-7,10-13,21,30H,8-9,26H2,1-3H3,(H,28,29)(H,33,34)/t21-/m0/s1. The number of carboxylic acid groups (broad SMARTS) is 1. The van der Waals surface area contributed by atoms with Gasteiger partial charge in [0.2, 0.25) is 0 Å². The van der Waals surface area contributed by atoms with E-state index >= 15 is 0 Å². The Morgan fingerprint density at radius 2 is 2.06 bits per heavy atom. The molecule has 0 saturated carbocycles. The van der Waals surface area contributed by atoms with Crippen LogP contribution in [0.5, 0.6) is 5.75 Å². The number of hydrogen-bond acceptors (Lipinski definition) is 7. The molecular formula is C25H27N7O3S. The second-order valence-electron chi connectivity index (χ2n) is 8.46. The molecule has 5 aromatic rings. The van der Waals surface area contributed by atoms with Gasteiger partial charge in [-0.1, -0.05) is 0 Å². The quantitative estimate of drug-likeness (QED) is 0.230. The summed E-state index contributed by atoms with van der Waals surface area (Å²) < 4.78 is 6.96. The van der Waals surface area contributed by atoms with E-state index in [2.05, 4.69) is 20.1 Å². The van der Waals surface area contributed by atoms with Crippen molar-refractivity contribution >= 4 is 57.0 Å². The summed E-state index contributed by atoms with van der Waals surface area (Å²) in [4.78, 5) is 25.2. The van der Waals surface area contributed by atoms with Gasteiger partial charge in [-0.25, -0.2) is 14.5 Å². The molecule has 0 aliphatic carbocycles. The summed E-state index contributed by atoms with van der Waals surface area (Å²) in [5, 5.41) is 15.7. The molecule has 0 unspecified atom stereocenters. The number of aromatic amines is 2. The zero-order chi connectivity index (χ0) is 25.4. The molecule has 11 heteroatoms. The lowest BCUT2D eigenvalue weighted by molar-refractivity contribution is -0.138. The summed E-state index contributed by atoms with van der Waals surface area (Å²) >= 11 is 1.60. The molecule has 5 N–H and O–H groups in total. The Bertz CT molecular complexity index is 1550. The topological polar surface area (TPSA) is 138 Å². The van der Waals surface area contributed by atoms with Crippen molar-refractivity contribution in [1.82, 2.24) is 24.7 Å². The fraction of sp³-hybridized carbons (Fsp3) is 0.240. The number of carboxylic acids is 1. The number of fused-ring (bicyclic) bond motifs is 2. The molecular weight excluding hydrogens is 478 g/mol. The van der Waals surface area contributed by atoms with Crippen LogP contribution < -0.4 is 15.4 Å². The highest BCUT2D eigenvalue weighted by Crippen LogP contribution is 2.37. The second-order valence-corrected chi connectivity index (χ2v) is 9.45. The van der Waals surface area contributed by atoms with E-state index < -0.39 is 12.0 Å². The van der Waals surface area contributed by atoms with Gasteiger partial charge in [0.25, 0.3) is 0 Å². The van der Waals surface area contributed by atoms with Crippen molar-refractivity contribution in [1.29, 1.82) is 0 Å². The first-order valence-corrected chi connectivity index (χ1v) is 12.8. The Hall–Kier alpha value is -4.12. The van der Waals surface area contributed by atoms with Crippen LogP contribution in [-0.4, -0.2) is 61.0 Å². The maximum atomic E-state index is 12.5. The molecule has 2 aromatic carbocycles. The van der Waals surface area contributed by atoms with Crippen molar-refractivity contribution in [2.45, 2.75) is 19.4 Å². The molecule has 0 fully saturated rings. The molecule has 5 rings (SSSR count). The number of hydrogen-bond donors (Lipinski definition) is 4. The molecule has 1 atom stereocenters. The number of aliphatic carboxylic acids is 1. The zero-order valence-corrected chi connectivity index (χ0v) is 21.0. The Balaban J connectivity index is 1.63. The molecule has 10 nitrogen and oxygen atoms in total. The average molecular weight is 506 g/mol. The van der Waals surface area contributed by atoms with Gasteiger partial charge in [-0.2, -0.15) is 16.9 Å². The van der Waals surface area contributed by atoms with Crippen molar-refractivity contribution in [3.8, 4) is 11.4 Å². The van der Waals surface area contributed by atoms with E-state index in [0.29, 0.717) is 35.2 Å². The number of H-pyrrole nitrogens is 2. The highest BCUT2D eigenvalue weighted by molar-refractivity contribution is 7.98. The van der Waals surface area contributed by atoms with Crippen molar-refractivity contribution in [3.63, 3.8) is 0 Å². The number of aryl methyl sites for hydroxylation is 1. The normalized spacial score (nSPS) is 12.3. The molecule has 0 aliphatic rings. The Morgan fingerprint density at radius 3 is 2.81 bits per heavy atom. The smallest absolute Gasteiger partial charge is 0.326 e. The molecule has 3 heterocycles. The number of nitrogens with one attached hydrogen (secondary N) is 2. The molecule has 3 aromatic heterocycles. The van der Waals surface area contributed by atoms with E-state index in [0.717, 1.165) is 33.4 Å². The van der Waals surface area contributed by atoms with E-state index in [1.54, 1.807) is 34.7 Å². The van der Waals surface area contributed by atoms with Crippen LogP contribution in [0.1, 0.15) is 12.2 Å². The largest absolute Gasteiger partial charge is 0.497 e. The van der Waals surface area contributed by atoms with Crippen LogP contribution in [0.4, 0.5) is 17.3 Å². The maximum absolute atomic E-state index is 12.5. The van der Waals surface area contributed by atoms with Crippen LogP contribution in [0.3, 0.4) is 0 Å². The van der Waals surface area contributed by atoms with E-state index in [1.807, 2.05) is 55.6 Å². The van der Waals surface area contributed by atoms with Crippen molar-refractivity contribution in [2.75, 3.05) is 29.8 Å². The van der Waals surface area contributed by atoms with Crippen LogP contribution >= 0.6 is 11.8 Å².